The molecule has 1 atom stereocenters. The van der Waals surface area contributed by atoms with Crippen molar-refractivity contribution in [1.29, 1.82) is 0 Å². The third kappa shape index (κ3) is 4.23. The zero-order chi connectivity index (χ0) is 21.1. The highest BCUT2D eigenvalue weighted by Gasteiger charge is 2.30. The number of hydrogen-bond donors (Lipinski definition) is 1. The van der Waals surface area contributed by atoms with Crippen LogP contribution in [0.4, 0.5) is 0 Å². The van der Waals surface area contributed by atoms with Crippen molar-refractivity contribution in [3.05, 3.63) is 64.7 Å². The molecule has 30 heavy (non-hydrogen) atoms. The molecule has 4 rings (SSSR count). The number of aromatic nitrogens is 2. The number of para-hydroxylation sites is 1. The van der Waals surface area contributed by atoms with Gasteiger partial charge in [-0.15, -0.1) is 0 Å². The first-order valence-electron chi connectivity index (χ1n) is 9.71. The highest BCUT2D eigenvalue weighted by Crippen LogP contribution is 2.23. The van der Waals surface area contributed by atoms with Crippen LogP contribution in [0.3, 0.4) is 0 Å². The quantitative estimate of drug-likeness (QED) is 0.618. The second kappa shape index (κ2) is 8.55. The van der Waals surface area contributed by atoms with Crippen LogP contribution >= 0.6 is 0 Å². The van der Waals surface area contributed by atoms with Gasteiger partial charge in [-0.25, -0.2) is 13.4 Å². The molecule has 2 heterocycles. The fourth-order valence-corrected chi connectivity index (χ4v) is 4.97. The summed E-state index contributed by atoms with van der Waals surface area (Å²) in [6, 6.07) is 13.2. The van der Waals surface area contributed by atoms with Crippen LogP contribution in [0, 0.1) is 0 Å². The molecule has 0 saturated carbocycles. The number of hydrogen-bond acceptors (Lipinski definition) is 6. The lowest BCUT2D eigenvalue weighted by Crippen LogP contribution is -2.37. The monoisotopic (exact) mass is 429 g/mol. The molecule has 1 aliphatic heterocycles. The Balaban J connectivity index is 1.69. The number of nitrogens with one attached hydrogen (secondary N) is 1. The normalized spacial score (nSPS) is 16.9. The van der Waals surface area contributed by atoms with E-state index >= 15 is 0 Å². The van der Waals surface area contributed by atoms with E-state index in [2.05, 4.69) is 9.97 Å². The fraction of sp³-hybridized carbons (Fsp3) is 0.333. The Morgan fingerprint density at radius 2 is 1.97 bits per heavy atom. The molecule has 1 aromatic heterocycles. The maximum absolute atomic E-state index is 13.4. The van der Waals surface area contributed by atoms with Crippen LogP contribution < -0.4 is 10.3 Å². The Morgan fingerprint density at radius 1 is 1.20 bits per heavy atom. The summed E-state index contributed by atoms with van der Waals surface area (Å²) in [5.74, 6) is 0.855. The largest absolute Gasteiger partial charge is 0.497 e. The molecule has 1 unspecified atom stereocenters. The molecule has 1 fully saturated rings. The lowest BCUT2D eigenvalue weighted by Gasteiger charge is -2.24. The smallest absolute Gasteiger partial charge is 0.258 e. The number of ether oxygens (including phenoxy) is 2. The van der Waals surface area contributed by atoms with Crippen molar-refractivity contribution in [2.45, 2.75) is 30.4 Å². The van der Waals surface area contributed by atoms with Gasteiger partial charge in [-0.1, -0.05) is 12.1 Å². The van der Waals surface area contributed by atoms with Crippen molar-refractivity contribution < 1.29 is 17.9 Å². The zero-order valence-corrected chi connectivity index (χ0v) is 17.4. The summed E-state index contributed by atoms with van der Waals surface area (Å²) in [5.41, 5.74) is 0.227. The first-order valence-corrected chi connectivity index (χ1v) is 11.1. The molecule has 158 valence electrons. The Kier molecular flexibility index (Phi) is 5.85. The molecule has 1 aliphatic rings. The maximum Gasteiger partial charge on any atom is 0.258 e. The number of H-pyrrole nitrogens is 1. The van der Waals surface area contributed by atoms with Gasteiger partial charge in [0.25, 0.3) is 5.56 Å². The van der Waals surface area contributed by atoms with Crippen LogP contribution in [0.25, 0.3) is 10.9 Å². The average molecular weight is 429 g/mol. The highest BCUT2D eigenvalue weighted by atomic mass is 32.2. The molecule has 3 aromatic rings. The Hall–Kier alpha value is -2.75. The summed E-state index contributed by atoms with van der Waals surface area (Å²) in [7, 11) is -2.32. The van der Waals surface area contributed by atoms with Crippen LogP contribution in [-0.4, -0.2) is 49.1 Å². The summed E-state index contributed by atoms with van der Waals surface area (Å²) in [6.45, 7) is 0.741. The van der Waals surface area contributed by atoms with Crippen molar-refractivity contribution in [2.24, 2.45) is 0 Å². The number of benzene rings is 2. The minimum Gasteiger partial charge on any atom is -0.497 e. The predicted molar refractivity (Wildman–Crippen MR) is 112 cm³/mol. The van der Waals surface area contributed by atoms with E-state index in [-0.39, 0.29) is 35.5 Å². The summed E-state index contributed by atoms with van der Waals surface area (Å²) in [4.78, 5) is 19.7. The van der Waals surface area contributed by atoms with E-state index in [0.717, 1.165) is 12.8 Å². The van der Waals surface area contributed by atoms with Crippen LogP contribution in [0.1, 0.15) is 18.7 Å². The first-order chi connectivity index (χ1) is 14.5. The van der Waals surface area contributed by atoms with Gasteiger partial charge in [0.1, 0.15) is 11.6 Å². The minimum atomic E-state index is -3.84. The third-order valence-electron chi connectivity index (χ3n) is 5.12. The Labute approximate surface area is 174 Å². The molecule has 1 N–H and O–H groups in total. The Bertz CT molecular complexity index is 1190. The van der Waals surface area contributed by atoms with Gasteiger partial charge >= 0.3 is 0 Å². The number of aromatic amines is 1. The van der Waals surface area contributed by atoms with E-state index in [0.29, 0.717) is 23.3 Å². The lowest BCUT2D eigenvalue weighted by atomic mass is 10.2. The summed E-state index contributed by atoms with van der Waals surface area (Å²) >= 11 is 0. The molecule has 0 amide bonds. The molecule has 0 spiro atoms. The maximum atomic E-state index is 13.4. The topological polar surface area (TPSA) is 102 Å². The Morgan fingerprint density at radius 3 is 2.67 bits per heavy atom. The van der Waals surface area contributed by atoms with Crippen LogP contribution in [0.15, 0.2) is 58.2 Å². The molecule has 0 bridgehead atoms. The molecule has 9 heteroatoms. The van der Waals surface area contributed by atoms with Crippen molar-refractivity contribution in [1.82, 2.24) is 14.3 Å². The molecule has 0 radical (unpaired) electrons. The fourth-order valence-electron chi connectivity index (χ4n) is 3.54. The molecular weight excluding hydrogens is 406 g/mol. The van der Waals surface area contributed by atoms with E-state index in [1.165, 1.54) is 23.5 Å². The van der Waals surface area contributed by atoms with Gasteiger partial charge in [0.05, 0.1) is 35.6 Å². The van der Waals surface area contributed by atoms with E-state index in [1.54, 1.807) is 36.4 Å². The van der Waals surface area contributed by atoms with E-state index < -0.39 is 10.0 Å². The van der Waals surface area contributed by atoms with Crippen molar-refractivity contribution >= 4 is 20.9 Å². The van der Waals surface area contributed by atoms with E-state index in [4.69, 9.17) is 9.47 Å². The van der Waals surface area contributed by atoms with Gasteiger partial charge in [-0.2, -0.15) is 4.31 Å². The van der Waals surface area contributed by atoms with E-state index in [9.17, 15) is 13.2 Å². The second-order valence-corrected chi connectivity index (χ2v) is 9.08. The predicted octanol–water partition coefficient (Wildman–Crippen LogP) is 2.30. The second-order valence-electron chi connectivity index (χ2n) is 7.14. The van der Waals surface area contributed by atoms with Crippen molar-refractivity contribution in [2.75, 3.05) is 20.3 Å². The minimum absolute atomic E-state index is 0.0612. The summed E-state index contributed by atoms with van der Waals surface area (Å²) in [5, 5.41) is 0.463. The van der Waals surface area contributed by atoms with Gasteiger partial charge in [-0.05, 0) is 49.2 Å². The lowest BCUT2D eigenvalue weighted by molar-refractivity contribution is 0.0921. The van der Waals surface area contributed by atoms with Gasteiger partial charge in [0, 0.05) is 13.2 Å². The van der Waals surface area contributed by atoms with Crippen molar-refractivity contribution in [3.63, 3.8) is 0 Å². The molecule has 1 saturated heterocycles. The molecule has 2 aromatic carbocycles. The molecule has 8 nitrogen and oxygen atoms in total. The first kappa shape index (κ1) is 20.5. The number of sulfonamides is 1. The number of fused-ring (bicyclic) bond motifs is 1. The molecular formula is C21H23N3O5S. The average Bonchev–Trinajstić information content (AvgIpc) is 3.26. The van der Waals surface area contributed by atoms with Gasteiger partial charge in [-0.3, -0.25) is 4.79 Å². The molecule has 0 aliphatic carbocycles. The number of methoxy groups -OCH3 is 1. The van der Waals surface area contributed by atoms with Crippen LogP contribution in [-0.2, 0) is 21.3 Å². The van der Waals surface area contributed by atoms with Gasteiger partial charge in [0.15, 0.2) is 0 Å². The van der Waals surface area contributed by atoms with Crippen molar-refractivity contribution in [3.8, 4) is 5.75 Å². The summed E-state index contributed by atoms with van der Waals surface area (Å²) < 4.78 is 38.9. The zero-order valence-electron chi connectivity index (χ0n) is 16.6. The van der Waals surface area contributed by atoms with Crippen LogP contribution in [0.2, 0.25) is 0 Å². The summed E-state index contributed by atoms with van der Waals surface area (Å²) in [6.07, 6.45) is 1.49. The SMILES string of the molecule is COc1ccc(S(=O)(=O)N(Cc2nc3ccccc3c(=O)[nH]2)CC2CCCO2)cc1. The van der Waals surface area contributed by atoms with Gasteiger partial charge < -0.3 is 14.5 Å². The third-order valence-corrected chi connectivity index (χ3v) is 6.94. The number of rotatable bonds is 7. The van der Waals surface area contributed by atoms with Gasteiger partial charge in [0.2, 0.25) is 10.0 Å². The van der Waals surface area contributed by atoms with Crippen LogP contribution in [0.5, 0.6) is 5.75 Å². The highest BCUT2D eigenvalue weighted by molar-refractivity contribution is 7.89. The van der Waals surface area contributed by atoms with E-state index in [1.807, 2.05) is 0 Å². The number of nitrogens with zero attached hydrogens (tertiary/aromatic N) is 2. The standard InChI is InChI=1S/C21H23N3O5S/c1-28-15-8-10-17(11-9-15)30(26,27)24(13-16-5-4-12-29-16)14-20-22-19-7-3-2-6-18(19)21(25)23-20/h2-3,6-11,16H,4-5,12-14H2,1H3,(H,22,23,25).